The topological polar surface area (TPSA) is 88.1 Å². The molecule has 0 aromatic heterocycles. The van der Waals surface area contributed by atoms with E-state index < -0.39 is 5.97 Å². The van der Waals surface area contributed by atoms with Crippen molar-refractivity contribution < 1.29 is 24.2 Å². The molecular formula is C16H20N2O5. The third-order valence-electron chi connectivity index (χ3n) is 3.66. The molecule has 0 saturated carbocycles. The maximum absolute atomic E-state index is 12.5. The first-order valence-corrected chi connectivity index (χ1v) is 7.15. The minimum Gasteiger partial charge on any atom is -0.495 e. The fraction of sp³-hybridized carbons (Fsp3) is 0.375. The largest absolute Gasteiger partial charge is 0.495 e. The minimum absolute atomic E-state index is 0.0998. The van der Waals surface area contributed by atoms with Gasteiger partial charge >= 0.3 is 5.97 Å². The standard InChI is InChI=1S/C16H20N2O5/c1-10-5-4-6-12(22-2)13(10)17-14-11(16(21)23-3)9-18(7-8-19)15(14)20/h4-6,17,19H,7-9H2,1-3H3. The van der Waals surface area contributed by atoms with E-state index in [9.17, 15) is 9.59 Å². The van der Waals surface area contributed by atoms with E-state index in [2.05, 4.69) is 5.32 Å². The van der Waals surface area contributed by atoms with Gasteiger partial charge in [0.25, 0.3) is 5.91 Å². The maximum atomic E-state index is 12.5. The summed E-state index contributed by atoms with van der Waals surface area (Å²) in [7, 11) is 2.80. The molecule has 7 nitrogen and oxygen atoms in total. The highest BCUT2D eigenvalue weighted by Crippen LogP contribution is 2.31. The summed E-state index contributed by atoms with van der Waals surface area (Å²) >= 11 is 0. The van der Waals surface area contributed by atoms with Gasteiger partial charge in [0.15, 0.2) is 0 Å². The van der Waals surface area contributed by atoms with E-state index in [0.29, 0.717) is 11.4 Å². The second-order valence-electron chi connectivity index (χ2n) is 5.07. The number of rotatable bonds is 6. The average molecular weight is 320 g/mol. The summed E-state index contributed by atoms with van der Waals surface area (Å²) in [6.07, 6.45) is 0. The molecule has 1 aliphatic heterocycles. The quantitative estimate of drug-likeness (QED) is 0.749. The zero-order valence-electron chi connectivity index (χ0n) is 13.4. The van der Waals surface area contributed by atoms with Crippen molar-refractivity contribution >= 4 is 17.6 Å². The fourth-order valence-electron chi connectivity index (χ4n) is 2.45. The van der Waals surface area contributed by atoms with Crippen molar-refractivity contribution in [3.05, 3.63) is 35.0 Å². The molecule has 7 heteroatoms. The molecule has 0 atom stereocenters. The van der Waals surface area contributed by atoms with E-state index in [0.717, 1.165) is 5.56 Å². The molecule has 23 heavy (non-hydrogen) atoms. The van der Waals surface area contributed by atoms with Gasteiger partial charge in [-0.1, -0.05) is 12.1 Å². The lowest BCUT2D eigenvalue weighted by Crippen LogP contribution is -2.31. The van der Waals surface area contributed by atoms with E-state index in [1.165, 1.54) is 19.1 Å². The average Bonchev–Trinajstić information content (AvgIpc) is 2.85. The van der Waals surface area contributed by atoms with Gasteiger partial charge in [0.05, 0.1) is 38.6 Å². The van der Waals surface area contributed by atoms with E-state index in [-0.39, 0.29) is 36.9 Å². The van der Waals surface area contributed by atoms with E-state index >= 15 is 0 Å². The predicted molar refractivity (Wildman–Crippen MR) is 84.1 cm³/mol. The molecular weight excluding hydrogens is 300 g/mol. The van der Waals surface area contributed by atoms with Crippen molar-refractivity contribution in [1.29, 1.82) is 0 Å². The minimum atomic E-state index is -0.575. The molecule has 0 spiro atoms. The van der Waals surface area contributed by atoms with Crippen LogP contribution in [0.2, 0.25) is 0 Å². The number of aryl methyl sites for hydroxylation is 1. The van der Waals surface area contributed by atoms with Crippen LogP contribution in [-0.4, -0.2) is 55.8 Å². The molecule has 2 N–H and O–H groups in total. The molecule has 0 saturated heterocycles. The van der Waals surface area contributed by atoms with Gasteiger partial charge in [0.1, 0.15) is 11.4 Å². The van der Waals surface area contributed by atoms with Gasteiger partial charge in [-0.3, -0.25) is 4.79 Å². The van der Waals surface area contributed by atoms with Crippen LogP contribution in [0.25, 0.3) is 0 Å². The molecule has 0 bridgehead atoms. The molecule has 1 amide bonds. The molecule has 1 aromatic rings. The molecule has 1 heterocycles. The van der Waals surface area contributed by atoms with Crippen molar-refractivity contribution in [2.45, 2.75) is 6.92 Å². The van der Waals surface area contributed by atoms with E-state index in [1.807, 2.05) is 19.1 Å². The highest BCUT2D eigenvalue weighted by Gasteiger charge is 2.34. The highest BCUT2D eigenvalue weighted by molar-refractivity contribution is 6.08. The van der Waals surface area contributed by atoms with Crippen LogP contribution in [0, 0.1) is 6.92 Å². The monoisotopic (exact) mass is 320 g/mol. The van der Waals surface area contributed by atoms with Gasteiger partial charge in [-0.25, -0.2) is 4.79 Å². The normalized spacial score (nSPS) is 14.3. The number of aliphatic hydroxyl groups excluding tert-OH is 1. The Balaban J connectivity index is 2.41. The Morgan fingerprint density at radius 1 is 1.39 bits per heavy atom. The molecule has 0 aliphatic carbocycles. The number of nitrogens with zero attached hydrogens (tertiary/aromatic N) is 1. The Bertz CT molecular complexity index is 654. The zero-order chi connectivity index (χ0) is 17.0. The van der Waals surface area contributed by atoms with Crippen molar-refractivity contribution in [3.8, 4) is 5.75 Å². The van der Waals surface area contributed by atoms with Crippen LogP contribution in [0.1, 0.15) is 5.56 Å². The van der Waals surface area contributed by atoms with Crippen LogP contribution in [0.5, 0.6) is 5.75 Å². The van der Waals surface area contributed by atoms with Crippen LogP contribution in [0.4, 0.5) is 5.69 Å². The summed E-state index contributed by atoms with van der Waals surface area (Å²) in [6, 6.07) is 5.47. The van der Waals surface area contributed by atoms with E-state index in [1.54, 1.807) is 6.07 Å². The fourth-order valence-corrected chi connectivity index (χ4v) is 2.45. The number of esters is 1. The summed E-state index contributed by atoms with van der Waals surface area (Å²) in [5, 5.41) is 12.1. The first-order valence-electron chi connectivity index (χ1n) is 7.15. The first-order chi connectivity index (χ1) is 11.0. The summed E-state index contributed by atoms with van der Waals surface area (Å²) in [6.45, 7) is 1.94. The number of nitrogens with one attached hydrogen (secondary N) is 1. The molecule has 0 radical (unpaired) electrons. The van der Waals surface area contributed by atoms with Crippen LogP contribution < -0.4 is 10.1 Å². The molecule has 124 valence electrons. The summed E-state index contributed by atoms with van der Waals surface area (Å²) < 4.78 is 10.1. The van der Waals surface area contributed by atoms with Gasteiger partial charge < -0.3 is 24.8 Å². The number of para-hydroxylation sites is 1. The highest BCUT2D eigenvalue weighted by atomic mass is 16.5. The number of carbonyl (C=O) groups is 2. The van der Waals surface area contributed by atoms with Gasteiger partial charge in [-0.05, 0) is 18.6 Å². The summed E-state index contributed by atoms with van der Waals surface area (Å²) in [5.74, 6) is -0.367. The number of methoxy groups -OCH3 is 2. The second kappa shape index (κ2) is 7.15. The first kappa shape index (κ1) is 16.8. The molecule has 0 unspecified atom stereocenters. The SMILES string of the molecule is COC(=O)C1=C(Nc2c(C)cccc2OC)C(=O)N(CCO)C1. The van der Waals surface area contributed by atoms with Crippen LogP contribution in [-0.2, 0) is 14.3 Å². The van der Waals surface area contributed by atoms with Gasteiger partial charge in [-0.2, -0.15) is 0 Å². The summed E-state index contributed by atoms with van der Waals surface area (Å²) in [4.78, 5) is 25.8. The Labute approximate surface area is 134 Å². The summed E-state index contributed by atoms with van der Waals surface area (Å²) in [5.41, 5.74) is 1.87. The van der Waals surface area contributed by atoms with Gasteiger partial charge in [0.2, 0.25) is 0 Å². The Hall–Kier alpha value is -2.54. The lowest BCUT2D eigenvalue weighted by atomic mass is 10.1. The van der Waals surface area contributed by atoms with Crippen molar-refractivity contribution in [2.75, 3.05) is 39.2 Å². The van der Waals surface area contributed by atoms with Crippen molar-refractivity contribution in [2.24, 2.45) is 0 Å². The third-order valence-corrected chi connectivity index (χ3v) is 3.66. The van der Waals surface area contributed by atoms with Crippen molar-refractivity contribution in [1.82, 2.24) is 4.90 Å². The van der Waals surface area contributed by atoms with Crippen LogP contribution >= 0.6 is 0 Å². The Morgan fingerprint density at radius 2 is 2.13 bits per heavy atom. The number of hydrogen-bond donors (Lipinski definition) is 2. The van der Waals surface area contributed by atoms with Crippen molar-refractivity contribution in [3.63, 3.8) is 0 Å². The second-order valence-corrected chi connectivity index (χ2v) is 5.07. The number of hydrogen-bond acceptors (Lipinski definition) is 6. The number of β-amino-alcohol motifs (C(OH)–C–C–N with tert-alkyl or cyclic N) is 1. The van der Waals surface area contributed by atoms with Crippen LogP contribution in [0.15, 0.2) is 29.5 Å². The Morgan fingerprint density at radius 3 is 2.74 bits per heavy atom. The molecule has 0 fully saturated rings. The number of carbonyl (C=O) groups excluding carboxylic acids is 2. The number of anilines is 1. The molecule has 1 aliphatic rings. The predicted octanol–water partition coefficient (Wildman–Crippen LogP) is 0.677. The lowest BCUT2D eigenvalue weighted by Gasteiger charge is -2.17. The number of aliphatic hydroxyl groups is 1. The van der Waals surface area contributed by atoms with E-state index in [4.69, 9.17) is 14.6 Å². The maximum Gasteiger partial charge on any atom is 0.337 e. The smallest absolute Gasteiger partial charge is 0.337 e. The number of amides is 1. The van der Waals surface area contributed by atoms with Gasteiger partial charge in [-0.15, -0.1) is 0 Å². The number of ether oxygens (including phenoxy) is 2. The third kappa shape index (κ3) is 3.29. The van der Waals surface area contributed by atoms with Crippen LogP contribution in [0.3, 0.4) is 0 Å². The molecule has 1 aromatic carbocycles. The number of benzene rings is 1. The molecule has 2 rings (SSSR count). The van der Waals surface area contributed by atoms with Gasteiger partial charge in [0, 0.05) is 6.54 Å². The zero-order valence-corrected chi connectivity index (χ0v) is 13.4. The lowest BCUT2D eigenvalue weighted by molar-refractivity contribution is -0.136. The Kier molecular flexibility index (Phi) is 5.23.